The van der Waals surface area contributed by atoms with Crippen LogP contribution in [0.4, 0.5) is 13.2 Å². The summed E-state index contributed by atoms with van der Waals surface area (Å²) in [4.78, 5) is 0. The van der Waals surface area contributed by atoms with Gasteiger partial charge in [-0.25, -0.2) is 0 Å². The van der Waals surface area contributed by atoms with E-state index < -0.39 is 11.7 Å². The molecule has 0 spiro atoms. The van der Waals surface area contributed by atoms with Crippen LogP contribution in [-0.2, 0) is 6.18 Å². The molecule has 0 aliphatic carbocycles. The molecule has 0 heterocycles. The summed E-state index contributed by atoms with van der Waals surface area (Å²) in [5, 5.41) is 7.00. The van der Waals surface area contributed by atoms with Crippen LogP contribution in [0.15, 0.2) is 24.3 Å². The molecule has 0 atom stereocenters. The van der Waals surface area contributed by atoms with Gasteiger partial charge in [0.2, 0.25) is 0 Å². The summed E-state index contributed by atoms with van der Waals surface area (Å²) >= 11 is 0. The first kappa shape index (κ1) is 12.8. The van der Waals surface area contributed by atoms with Gasteiger partial charge in [0.05, 0.1) is 12.7 Å². The fourth-order valence-corrected chi connectivity index (χ4v) is 0.799. The monoisotopic (exact) mass is 208 g/mol. The summed E-state index contributed by atoms with van der Waals surface area (Å²) in [7, 11) is 2.33. The fraction of sp³-hybridized carbons (Fsp3) is 0.333. The maximum atomic E-state index is 12.0. The number of halogens is 3. The summed E-state index contributed by atoms with van der Waals surface area (Å²) in [6.07, 6.45) is -4.30. The predicted octanol–water partition coefficient (Wildman–Crippen LogP) is 2.32. The summed E-state index contributed by atoms with van der Waals surface area (Å²) in [6.45, 7) is 0. The molecule has 0 aliphatic rings. The quantitative estimate of drug-likeness (QED) is 0.767. The Bertz CT molecular complexity index is 271. The Morgan fingerprint density at radius 1 is 1.21 bits per heavy atom. The number of benzene rings is 1. The number of hydrogen-bond donors (Lipinski definition) is 1. The standard InChI is InChI=1S/C8H7F3O.CH4O/c1-12-7-4-2-3-6(5-7)8(9,10)11;1-2/h2-5H,1H3;2H,1H3. The average molecular weight is 208 g/mol. The zero-order chi connectivity index (χ0) is 11.2. The second kappa shape index (κ2) is 5.49. The van der Waals surface area contributed by atoms with Gasteiger partial charge in [-0.05, 0) is 18.2 Å². The maximum Gasteiger partial charge on any atom is 0.416 e. The number of methoxy groups -OCH3 is 1. The third-order valence-electron chi connectivity index (χ3n) is 1.40. The molecule has 1 aromatic carbocycles. The Hall–Kier alpha value is -1.23. The number of aliphatic hydroxyl groups excluding tert-OH is 1. The van der Waals surface area contributed by atoms with Gasteiger partial charge in [0, 0.05) is 7.11 Å². The second-order valence-electron chi connectivity index (χ2n) is 2.23. The molecule has 0 saturated carbocycles. The third-order valence-corrected chi connectivity index (χ3v) is 1.40. The Morgan fingerprint density at radius 2 is 1.79 bits per heavy atom. The highest BCUT2D eigenvalue weighted by Crippen LogP contribution is 2.30. The molecule has 0 radical (unpaired) electrons. The smallest absolute Gasteiger partial charge is 0.416 e. The molecule has 0 aromatic heterocycles. The molecule has 0 unspecified atom stereocenters. The van der Waals surface area contributed by atoms with Gasteiger partial charge in [-0.1, -0.05) is 6.07 Å². The summed E-state index contributed by atoms with van der Waals surface area (Å²) in [5.41, 5.74) is -0.693. The molecule has 0 fully saturated rings. The predicted molar refractivity (Wildman–Crippen MR) is 46.1 cm³/mol. The number of ether oxygens (including phenoxy) is 1. The number of alkyl halides is 3. The van der Waals surface area contributed by atoms with E-state index in [1.807, 2.05) is 0 Å². The van der Waals surface area contributed by atoms with Crippen molar-refractivity contribution in [1.82, 2.24) is 0 Å². The van der Waals surface area contributed by atoms with Crippen molar-refractivity contribution in [3.05, 3.63) is 29.8 Å². The topological polar surface area (TPSA) is 29.5 Å². The molecule has 0 aliphatic heterocycles. The zero-order valence-electron chi connectivity index (χ0n) is 7.80. The molecule has 1 rings (SSSR count). The van der Waals surface area contributed by atoms with Crippen LogP contribution >= 0.6 is 0 Å². The highest BCUT2D eigenvalue weighted by atomic mass is 19.4. The summed E-state index contributed by atoms with van der Waals surface area (Å²) < 4.78 is 40.8. The van der Waals surface area contributed by atoms with E-state index >= 15 is 0 Å². The van der Waals surface area contributed by atoms with Crippen molar-refractivity contribution >= 4 is 0 Å². The van der Waals surface area contributed by atoms with Crippen molar-refractivity contribution in [1.29, 1.82) is 0 Å². The molecule has 1 aromatic rings. The van der Waals surface area contributed by atoms with Crippen LogP contribution in [0.5, 0.6) is 5.75 Å². The van der Waals surface area contributed by atoms with Crippen LogP contribution < -0.4 is 4.74 Å². The maximum absolute atomic E-state index is 12.0. The van der Waals surface area contributed by atoms with E-state index in [0.29, 0.717) is 0 Å². The van der Waals surface area contributed by atoms with Crippen LogP contribution in [0.3, 0.4) is 0 Å². The van der Waals surface area contributed by atoms with Crippen molar-refractivity contribution in [3.63, 3.8) is 0 Å². The number of rotatable bonds is 1. The van der Waals surface area contributed by atoms with E-state index in [1.165, 1.54) is 19.2 Å². The van der Waals surface area contributed by atoms with Crippen molar-refractivity contribution in [2.24, 2.45) is 0 Å². The van der Waals surface area contributed by atoms with Crippen molar-refractivity contribution in [3.8, 4) is 5.75 Å². The van der Waals surface area contributed by atoms with Gasteiger partial charge in [0.1, 0.15) is 5.75 Å². The molecule has 0 amide bonds. The SMILES string of the molecule is CO.COc1cccc(C(F)(F)F)c1. The van der Waals surface area contributed by atoms with E-state index in [-0.39, 0.29) is 5.75 Å². The summed E-state index contributed by atoms with van der Waals surface area (Å²) in [5.74, 6) is 0.213. The Labute approximate surface area is 79.9 Å². The van der Waals surface area contributed by atoms with E-state index in [2.05, 4.69) is 4.74 Å². The highest BCUT2D eigenvalue weighted by molar-refractivity contribution is 5.29. The van der Waals surface area contributed by atoms with Crippen LogP contribution in [0, 0.1) is 0 Å². The molecule has 1 N–H and O–H groups in total. The minimum absolute atomic E-state index is 0.213. The zero-order valence-corrected chi connectivity index (χ0v) is 7.80. The minimum atomic E-state index is -4.30. The lowest BCUT2D eigenvalue weighted by molar-refractivity contribution is -0.137. The molecule has 5 heteroatoms. The molecule has 0 saturated heterocycles. The molecule has 0 bridgehead atoms. The van der Waals surface area contributed by atoms with Crippen molar-refractivity contribution in [2.75, 3.05) is 14.2 Å². The summed E-state index contributed by atoms with van der Waals surface area (Å²) in [6, 6.07) is 4.74. The second-order valence-corrected chi connectivity index (χ2v) is 2.23. The van der Waals surface area contributed by atoms with Crippen molar-refractivity contribution in [2.45, 2.75) is 6.18 Å². The lowest BCUT2D eigenvalue weighted by Crippen LogP contribution is -2.04. The molecular weight excluding hydrogens is 197 g/mol. The normalized spacial score (nSPS) is 10.1. The Balaban J connectivity index is 0.000000791. The third kappa shape index (κ3) is 3.66. The van der Waals surface area contributed by atoms with Gasteiger partial charge < -0.3 is 9.84 Å². The lowest BCUT2D eigenvalue weighted by atomic mass is 10.2. The minimum Gasteiger partial charge on any atom is -0.497 e. The molecule has 80 valence electrons. The molecule has 2 nitrogen and oxygen atoms in total. The number of aliphatic hydroxyl groups is 1. The Kier molecular flexibility index (Phi) is 5.01. The van der Waals surface area contributed by atoms with Gasteiger partial charge in [-0.2, -0.15) is 13.2 Å². The van der Waals surface area contributed by atoms with Crippen LogP contribution in [0.1, 0.15) is 5.56 Å². The van der Waals surface area contributed by atoms with Crippen molar-refractivity contribution < 1.29 is 23.0 Å². The largest absolute Gasteiger partial charge is 0.497 e. The van der Waals surface area contributed by atoms with Gasteiger partial charge in [0.25, 0.3) is 0 Å². The first-order valence-corrected chi connectivity index (χ1v) is 3.70. The number of hydrogen-bond acceptors (Lipinski definition) is 2. The van der Waals surface area contributed by atoms with Gasteiger partial charge >= 0.3 is 6.18 Å². The first-order chi connectivity index (χ1) is 6.54. The molecular formula is C9H11F3O2. The highest BCUT2D eigenvalue weighted by Gasteiger charge is 2.30. The lowest BCUT2D eigenvalue weighted by Gasteiger charge is -2.07. The van der Waals surface area contributed by atoms with Crippen LogP contribution in [-0.4, -0.2) is 19.3 Å². The van der Waals surface area contributed by atoms with E-state index in [9.17, 15) is 13.2 Å². The average Bonchev–Trinajstić information content (AvgIpc) is 2.20. The Morgan fingerprint density at radius 3 is 2.21 bits per heavy atom. The van der Waals surface area contributed by atoms with E-state index in [1.54, 1.807) is 0 Å². The first-order valence-electron chi connectivity index (χ1n) is 3.70. The van der Waals surface area contributed by atoms with Gasteiger partial charge in [0.15, 0.2) is 0 Å². The van der Waals surface area contributed by atoms with Crippen LogP contribution in [0.2, 0.25) is 0 Å². The fourth-order valence-electron chi connectivity index (χ4n) is 0.799. The van der Waals surface area contributed by atoms with Gasteiger partial charge in [-0.15, -0.1) is 0 Å². The molecule has 14 heavy (non-hydrogen) atoms. The van der Waals surface area contributed by atoms with Crippen LogP contribution in [0.25, 0.3) is 0 Å². The van der Waals surface area contributed by atoms with E-state index in [4.69, 9.17) is 5.11 Å². The van der Waals surface area contributed by atoms with E-state index in [0.717, 1.165) is 19.2 Å². The van der Waals surface area contributed by atoms with Gasteiger partial charge in [-0.3, -0.25) is 0 Å².